The Morgan fingerprint density at radius 1 is 1.03 bits per heavy atom. The van der Waals surface area contributed by atoms with Crippen LogP contribution in [-0.2, 0) is 27.2 Å². The van der Waals surface area contributed by atoms with E-state index in [4.69, 9.17) is 4.74 Å². The first kappa shape index (κ1) is 23.5. The average molecular weight is 457 g/mol. The van der Waals surface area contributed by atoms with Gasteiger partial charge in [0, 0.05) is 50.9 Å². The summed E-state index contributed by atoms with van der Waals surface area (Å²) < 4.78 is 4.75. The van der Waals surface area contributed by atoms with E-state index in [0.29, 0.717) is 6.54 Å². The normalized spacial score (nSPS) is 23.8. The zero-order chi connectivity index (χ0) is 23.5. The maximum atomic E-state index is 13.3. The van der Waals surface area contributed by atoms with Crippen molar-refractivity contribution in [3.8, 4) is 0 Å². The number of fused-ring (bicyclic) bond motifs is 1. The first-order valence-electron chi connectivity index (χ1n) is 12.1. The Bertz CT molecular complexity index is 896. The molecule has 2 fully saturated rings. The van der Waals surface area contributed by atoms with Crippen molar-refractivity contribution in [3.63, 3.8) is 0 Å². The van der Waals surface area contributed by atoms with Gasteiger partial charge >= 0.3 is 12.0 Å². The fourth-order valence-electron chi connectivity index (χ4n) is 5.51. The van der Waals surface area contributed by atoms with Gasteiger partial charge in [0.05, 0.1) is 7.11 Å². The topological polar surface area (TPSA) is 73.4 Å². The van der Waals surface area contributed by atoms with Crippen molar-refractivity contribution in [1.29, 1.82) is 0 Å². The summed E-state index contributed by atoms with van der Waals surface area (Å²) in [5, 5.41) is 0. The zero-order valence-corrected chi connectivity index (χ0v) is 20.1. The molecule has 0 N–H and O–H groups in total. The van der Waals surface area contributed by atoms with Gasteiger partial charge in [-0.25, -0.2) is 4.79 Å². The van der Waals surface area contributed by atoms with Gasteiger partial charge in [-0.1, -0.05) is 6.07 Å². The van der Waals surface area contributed by atoms with Crippen LogP contribution in [-0.4, -0.2) is 91.6 Å². The minimum absolute atomic E-state index is 0.00822. The first-order chi connectivity index (χ1) is 15.9. The summed E-state index contributed by atoms with van der Waals surface area (Å²) >= 11 is 0. The quantitative estimate of drug-likeness (QED) is 0.636. The van der Waals surface area contributed by atoms with Crippen LogP contribution in [0.15, 0.2) is 18.2 Å². The number of esters is 1. The van der Waals surface area contributed by atoms with Crippen LogP contribution in [0.3, 0.4) is 0 Å². The minimum atomic E-state index is -0.398. The number of benzene rings is 1. The highest BCUT2D eigenvalue weighted by molar-refractivity contribution is 5.94. The molecule has 0 bridgehead atoms. The molecule has 3 aliphatic rings. The third-order valence-corrected chi connectivity index (χ3v) is 7.55. The molecular formula is C25H36N4O4. The SMILES string of the molecule is COC(=O)CN(C(C)=O)[C@H]1CC[C@H](N2CCN(c3ccc4c(c3)CCN(C)CC4)C2=O)CC1. The number of ether oxygens (including phenoxy) is 1. The summed E-state index contributed by atoms with van der Waals surface area (Å²) in [5.41, 5.74) is 3.76. The molecule has 1 aromatic carbocycles. The lowest BCUT2D eigenvalue weighted by molar-refractivity contribution is -0.148. The molecule has 33 heavy (non-hydrogen) atoms. The van der Waals surface area contributed by atoms with Crippen LogP contribution in [0.25, 0.3) is 0 Å². The van der Waals surface area contributed by atoms with Gasteiger partial charge in [-0.05, 0) is 68.8 Å². The van der Waals surface area contributed by atoms with E-state index in [1.807, 2.05) is 9.80 Å². The Morgan fingerprint density at radius 3 is 2.39 bits per heavy atom. The number of rotatable bonds is 5. The molecule has 0 radical (unpaired) electrons. The lowest BCUT2D eigenvalue weighted by Crippen LogP contribution is -2.48. The molecule has 0 aromatic heterocycles. The van der Waals surface area contributed by atoms with Gasteiger partial charge in [0.2, 0.25) is 5.91 Å². The number of urea groups is 1. The monoisotopic (exact) mass is 456 g/mol. The van der Waals surface area contributed by atoms with Crippen LogP contribution in [0.4, 0.5) is 10.5 Å². The maximum absolute atomic E-state index is 13.3. The Balaban J connectivity index is 1.37. The van der Waals surface area contributed by atoms with Crippen LogP contribution in [0, 0.1) is 0 Å². The molecule has 1 saturated heterocycles. The van der Waals surface area contributed by atoms with E-state index in [0.717, 1.165) is 63.8 Å². The van der Waals surface area contributed by atoms with Crippen LogP contribution < -0.4 is 4.90 Å². The van der Waals surface area contributed by atoms with Gasteiger partial charge in [0.25, 0.3) is 0 Å². The molecule has 180 valence electrons. The summed E-state index contributed by atoms with van der Waals surface area (Å²) in [6.07, 6.45) is 5.34. The van der Waals surface area contributed by atoms with Crippen LogP contribution in [0.2, 0.25) is 0 Å². The number of likely N-dealkylation sites (N-methyl/N-ethyl adjacent to an activating group) is 1. The highest BCUT2D eigenvalue weighted by Crippen LogP contribution is 2.31. The summed E-state index contributed by atoms with van der Waals surface area (Å²) in [4.78, 5) is 45.0. The summed E-state index contributed by atoms with van der Waals surface area (Å²) in [6, 6.07) is 6.80. The van der Waals surface area contributed by atoms with E-state index in [2.05, 4.69) is 30.1 Å². The van der Waals surface area contributed by atoms with E-state index < -0.39 is 5.97 Å². The van der Waals surface area contributed by atoms with E-state index >= 15 is 0 Å². The summed E-state index contributed by atoms with van der Waals surface area (Å²) in [6.45, 7) is 5.05. The Kier molecular flexibility index (Phi) is 7.22. The van der Waals surface area contributed by atoms with Gasteiger partial charge in [-0.15, -0.1) is 0 Å². The second-order valence-electron chi connectivity index (χ2n) is 9.57. The molecule has 0 unspecified atom stereocenters. The molecule has 1 aromatic rings. The minimum Gasteiger partial charge on any atom is -0.468 e. The zero-order valence-electron chi connectivity index (χ0n) is 20.1. The number of hydrogen-bond acceptors (Lipinski definition) is 5. The van der Waals surface area contributed by atoms with Crippen molar-refractivity contribution >= 4 is 23.6 Å². The van der Waals surface area contributed by atoms with E-state index in [1.54, 1.807) is 4.90 Å². The van der Waals surface area contributed by atoms with Gasteiger partial charge in [0.15, 0.2) is 0 Å². The summed E-state index contributed by atoms with van der Waals surface area (Å²) in [5.74, 6) is -0.508. The fraction of sp³-hybridized carbons (Fsp3) is 0.640. The number of nitrogens with zero attached hydrogens (tertiary/aromatic N) is 4. The number of hydrogen-bond donors (Lipinski definition) is 0. The second-order valence-corrected chi connectivity index (χ2v) is 9.57. The molecule has 4 rings (SSSR count). The molecule has 3 amide bonds. The van der Waals surface area contributed by atoms with Crippen molar-refractivity contribution in [2.24, 2.45) is 0 Å². The lowest BCUT2D eigenvalue weighted by atomic mass is 9.89. The van der Waals surface area contributed by atoms with Crippen molar-refractivity contribution in [1.82, 2.24) is 14.7 Å². The first-order valence-corrected chi connectivity index (χ1v) is 12.1. The van der Waals surface area contributed by atoms with E-state index in [-0.39, 0.29) is 30.6 Å². The largest absolute Gasteiger partial charge is 0.468 e. The Morgan fingerprint density at radius 2 is 1.73 bits per heavy atom. The lowest BCUT2D eigenvalue weighted by Gasteiger charge is -2.38. The number of carbonyl (C=O) groups is 3. The standard InChI is InChI=1S/C25H36N4O4/c1-18(30)29(17-24(31)33-3)22-8-6-21(7-9-22)27-14-15-28(25(27)32)23-5-4-19-10-12-26(2)13-11-20(19)16-23/h4-5,16,21-22H,6-15,17H2,1-3H3/t21-,22-. The van der Waals surface area contributed by atoms with Crippen molar-refractivity contribution in [2.45, 2.75) is 57.5 Å². The van der Waals surface area contributed by atoms with E-state index in [9.17, 15) is 14.4 Å². The van der Waals surface area contributed by atoms with Gasteiger partial charge in [-0.2, -0.15) is 0 Å². The molecule has 2 heterocycles. The van der Waals surface area contributed by atoms with Gasteiger partial charge < -0.3 is 19.4 Å². The summed E-state index contributed by atoms with van der Waals surface area (Å²) in [7, 11) is 3.50. The predicted molar refractivity (Wildman–Crippen MR) is 126 cm³/mol. The van der Waals surface area contributed by atoms with Crippen molar-refractivity contribution < 1.29 is 19.1 Å². The molecule has 8 heteroatoms. The second kappa shape index (κ2) is 10.1. The van der Waals surface area contributed by atoms with Crippen LogP contribution >= 0.6 is 0 Å². The van der Waals surface area contributed by atoms with Crippen molar-refractivity contribution in [2.75, 3.05) is 51.8 Å². The van der Waals surface area contributed by atoms with Gasteiger partial charge in [0.1, 0.15) is 6.54 Å². The molecule has 0 atom stereocenters. The number of methoxy groups -OCH3 is 1. The molecule has 0 spiro atoms. The number of amides is 3. The number of carbonyl (C=O) groups excluding carboxylic acids is 3. The molecular weight excluding hydrogens is 420 g/mol. The Labute approximate surface area is 196 Å². The molecule has 1 aliphatic carbocycles. The third-order valence-electron chi connectivity index (χ3n) is 7.55. The van der Waals surface area contributed by atoms with Crippen LogP contribution in [0.5, 0.6) is 0 Å². The molecule has 8 nitrogen and oxygen atoms in total. The Hall–Kier alpha value is -2.61. The molecule has 1 saturated carbocycles. The van der Waals surface area contributed by atoms with Gasteiger partial charge in [-0.3, -0.25) is 14.5 Å². The maximum Gasteiger partial charge on any atom is 0.325 e. The van der Waals surface area contributed by atoms with Crippen LogP contribution in [0.1, 0.15) is 43.7 Å². The molecule has 2 aliphatic heterocycles. The highest BCUT2D eigenvalue weighted by atomic mass is 16.5. The average Bonchev–Trinajstić information content (AvgIpc) is 3.10. The van der Waals surface area contributed by atoms with Crippen molar-refractivity contribution in [3.05, 3.63) is 29.3 Å². The fourth-order valence-corrected chi connectivity index (χ4v) is 5.51. The predicted octanol–water partition coefficient (Wildman–Crippen LogP) is 2.29. The smallest absolute Gasteiger partial charge is 0.325 e. The highest BCUT2D eigenvalue weighted by Gasteiger charge is 2.38. The van der Waals surface area contributed by atoms with E-state index in [1.165, 1.54) is 25.2 Å². The number of anilines is 1. The third kappa shape index (κ3) is 5.16.